The van der Waals surface area contributed by atoms with Gasteiger partial charge < -0.3 is 4.74 Å². The molecule has 0 saturated carbocycles. The molecule has 98 valence electrons. The highest BCUT2D eigenvalue weighted by molar-refractivity contribution is 6.01. The van der Waals surface area contributed by atoms with Crippen LogP contribution in [0.15, 0.2) is 36.4 Å². The van der Waals surface area contributed by atoms with Crippen molar-refractivity contribution in [1.29, 1.82) is 0 Å². The first-order valence-electron chi connectivity index (χ1n) is 5.98. The topological polar surface area (TPSA) is 26.3 Å². The quantitative estimate of drug-likeness (QED) is 0.777. The van der Waals surface area contributed by atoms with Crippen LogP contribution < -0.4 is 4.74 Å². The molecule has 0 aromatic heterocycles. The summed E-state index contributed by atoms with van der Waals surface area (Å²) in [7, 11) is 1.56. The number of Topliss-reactive ketones (excluding diaryl/α,β-unsaturated/α-hetero) is 1. The van der Waals surface area contributed by atoms with Gasteiger partial charge in [0, 0.05) is 11.1 Å². The molecule has 2 aromatic rings. The Morgan fingerprint density at radius 3 is 2.47 bits per heavy atom. The Labute approximate surface area is 111 Å². The molecule has 0 radical (unpaired) electrons. The fraction of sp³-hybridized carbons (Fsp3) is 0.188. The minimum atomic E-state index is -0.372. The van der Waals surface area contributed by atoms with Gasteiger partial charge >= 0.3 is 0 Å². The van der Waals surface area contributed by atoms with E-state index in [-0.39, 0.29) is 11.6 Å². The molecule has 0 amide bonds. The second-order valence-corrected chi connectivity index (χ2v) is 4.45. The summed E-state index contributed by atoms with van der Waals surface area (Å²) in [6, 6.07) is 9.79. The first-order valence-corrected chi connectivity index (χ1v) is 5.98. The molecule has 0 aliphatic rings. The van der Waals surface area contributed by atoms with Crippen molar-refractivity contribution in [3.05, 3.63) is 53.3 Å². The Hall–Kier alpha value is -2.16. The third-order valence-corrected chi connectivity index (χ3v) is 3.01. The van der Waals surface area contributed by atoms with Crippen molar-refractivity contribution in [2.24, 2.45) is 0 Å². The van der Waals surface area contributed by atoms with Gasteiger partial charge in [0.2, 0.25) is 0 Å². The molecule has 0 fully saturated rings. The third-order valence-electron chi connectivity index (χ3n) is 3.01. The average Bonchev–Trinajstić information content (AvgIpc) is 2.38. The number of ether oxygens (including phenoxy) is 1. The summed E-state index contributed by atoms with van der Waals surface area (Å²) in [6.45, 7) is 3.41. The predicted octanol–water partition coefficient (Wildman–Crippen LogP) is 4.01. The number of halogens is 1. The van der Waals surface area contributed by atoms with E-state index in [1.54, 1.807) is 7.11 Å². The minimum absolute atomic E-state index is 0.0986. The lowest BCUT2D eigenvalue weighted by Gasteiger charge is -2.12. The van der Waals surface area contributed by atoms with Crippen LogP contribution >= 0.6 is 0 Å². The zero-order valence-corrected chi connectivity index (χ0v) is 11.2. The summed E-state index contributed by atoms with van der Waals surface area (Å²) in [6.07, 6.45) is 0. The van der Waals surface area contributed by atoms with Crippen LogP contribution in [0.3, 0.4) is 0 Å². The molecule has 2 rings (SSSR count). The van der Waals surface area contributed by atoms with Gasteiger partial charge in [-0.25, -0.2) is 4.39 Å². The Balaban J connectivity index is 2.73. The normalized spacial score (nSPS) is 10.3. The van der Waals surface area contributed by atoms with Crippen molar-refractivity contribution in [1.82, 2.24) is 0 Å². The summed E-state index contributed by atoms with van der Waals surface area (Å²) in [5.41, 5.74) is 2.81. The fourth-order valence-corrected chi connectivity index (χ4v) is 2.08. The molecule has 0 bridgehead atoms. The lowest BCUT2D eigenvalue weighted by molar-refractivity contribution is 0.101. The Morgan fingerprint density at radius 1 is 1.11 bits per heavy atom. The Bertz CT molecular complexity index is 633. The molecular formula is C16H15FO2. The number of ketones is 1. The SMILES string of the molecule is COc1ccc(C)cc1-c1cc(F)ccc1C(C)=O. The molecule has 2 aromatic carbocycles. The highest BCUT2D eigenvalue weighted by atomic mass is 19.1. The van der Waals surface area contributed by atoms with Gasteiger partial charge in [-0.3, -0.25) is 4.79 Å². The summed E-state index contributed by atoms with van der Waals surface area (Å²) in [5.74, 6) is 0.154. The van der Waals surface area contributed by atoms with Crippen molar-refractivity contribution >= 4 is 5.78 Å². The second kappa shape index (κ2) is 5.22. The molecular weight excluding hydrogens is 243 g/mol. The summed E-state index contributed by atoms with van der Waals surface area (Å²) in [4.78, 5) is 11.7. The largest absolute Gasteiger partial charge is 0.496 e. The average molecular weight is 258 g/mol. The lowest BCUT2D eigenvalue weighted by Crippen LogP contribution is -1.99. The first-order chi connectivity index (χ1) is 9.02. The van der Waals surface area contributed by atoms with Crippen LogP contribution in [0.2, 0.25) is 0 Å². The number of methoxy groups -OCH3 is 1. The molecule has 3 heteroatoms. The monoisotopic (exact) mass is 258 g/mol. The Morgan fingerprint density at radius 2 is 1.84 bits per heavy atom. The minimum Gasteiger partial charge on any atom is -0.496 e. The van der Waals surface area contributed by atoms with Crippen molar-refractivity contribution in [2.45, 2.75) is 13.8 Å². The first kappa shape index (κ1) is 13.3. The maximum Gasteiger partial charge on any atom is 0.160 e. The van der Waals surface area contributed by atoms with Gasteiger partial charge in [0.05, 0.1) is 7.11 Å². The molecule has 0 N–H and O–H groups in total. The highest BCUT2D eigenvalue weighted by Crippen LogP contribution is 2.33. The van der Waals surface area contributed by atoms with Gasteiger partial charge in [-0.15, -0.1) is 0 Å². The van der Waals surface area contributed by atoms with Gasteiger partial charge in [0.1, 0.15) is 11.6 Å². The lowest BCUT2D eigenvalue weighted by atomic mass is 9.95. The number of carbonyl (C=O) groups is 1. The van der Waals surface area contributed by atoms with Crippen molar-refractivity contribution in [3.8, 4) is 16.9 Å². The smallest absolute Gasteiger partial charge is 0.160 e. The zero-order valence-electron chi connectivity index (χ0n) is 11.2. The van der Waals surface area contributed by atoms with Crippen LogP contribution in [0.4, 0.5) is 4.39 Å². The fourth-order valence-electron chi connectivity index (χ4n) is 2.08. The maximum absolute atomic E-state index is 13.5. The van der Waals surface area contributed by atoms with Gasteiger partial charge in [-0.2, -0.15) is 0 Å². The molecule has 0 spiro atoms. The van der Waals surface area contributed by atoms with E-state index in [0.29, 0.717) is 16.9 Å². The van der Waals surface area contributed by atoms with E-state index in [0.717, 1.165) is 11.1 Å². The van der Waals surface area contributed by atoms with Crippen LogP contribution in [0.25, 0.3) is 11.1 Å². The van der Waals surface area contributed by atoms with E-state index >= 15 is 0 Å². The molecule has 0 saturated heterocycles. The van der Waals surface area contributed by atoms with Gasteiger partial charge in [-0.05, 0) is 49.7 Å². The molecule has 0 aliphatic carbocycles. The molecule has 0 unspecified atom stereocenters. The Kier molecular flexibility index (Phi) is 3.65. The van der Waals surface area contributed by atoms with Gasteiger partial charge in [-0.1, -0.05) is 11.6 Å². The summed E-state index contributed by atoms with van der Waals surface area (Å²) >= 11 is 0. The van der Waals surface area contributed by atoms with E-state index < -0.39 is 0 Å². The van der Waals surface area contributed by atoms with Crippen molar-refractivity contribution < 1.29 is 13.9 Å². The summed E-state index contributed by atoms with van der Waals surface area (Å²) < 4.78 is 18.8. The van der Waals surface area contributed by atoms with Crippen molar-refractivity contribution in [2.75, 3.05) is 7.11 Å². The van der Waals surface area contributed by atoms with E-state index in [2.05, 4.69) is 0 Å². The number of aryl methyl sites for hydroxylation is 1. The van der Waals surface area contributed by atoms with Crippen LogP contribution in [0.1, 0.15) is 22.8 Å². The molecule has 0 heterocycles. The van der Waals surface area contributed by atoms with E-state index in [9.17, 15) is 9.18 Å². The zero-order chi connectivity index (χ0) is 14.0. The number of carbonyl (C=O) groups excluding carboxylic acids is 1. The number of rotatable bonds is 3. The van der Waals surface area contributed by atoms with E-state index in [1.165, 1.54) is 25.1 Å². The molecule has 19 heavy (non-hydrogen) atoms. The highest BCUT2D eigenvalue weighted by Gasteiger charge is 2.14. The van der Waals surface area contributed by atoms with E-state index in [4.69, 9.17) is 4.74 Å². The predicted molar refractivity (Wildman–Crippen MR) is 73.1 cm³/mol. The summed E-state index contributed by atoms with van der Waals surface area (Å²) in [5, 5.41) is 0. The van der Waals surface area contributed by atoms with Crippen LogP contribution in [-0.4, -0.2) is 12.9 Å². The molecule has 2 nitrogen and oxygen atoms in total. The van der Waals surface area contributed by atoms with Gasteiger partial charge in [0.25, 0.3) is 0 Å². The number of hydrogen-bond acceptors (Lipinski definition) is 2. The van der Waals surface area contributed by atoms with Crippen LogP contribution in [-0.2, 0) is 0 Å². The van der Waals surface area contributed by atoms with E-state index in [1.807, 2.05) is 25.1 Å². The van der Waals surface area contributed by atoms with Crippen LogP contribution in [0, 0.1) is 12.7 Å². The molecule has 0 atom stereocenters. The third kappa shape index (κ3) is 2.65. The van der Waals surface area contributed by atoms with Crippen LogP contribution in [0.5, 0.6) is 5.75 Å². The molecule has 0 aliphatic heterocycles. The standard InChI is InChI=1S/C16H15FO2/c1-10-4-7-16(19-3)15(8-10)14-9-12(17)5-6-13(14)11(2)18/h4-9H,1-3H3. The van der Waals surface area contributed by atoms with Gasteiger partial charge in [0.15, 0.2) is 5.78 Å². The van der Waals surface area contributed by atoms with Crippen molar-refractivity contribution in [3.63, 3.8) is 0 Å². The number of hydrogen-bond donors (Lipinski definition) is 0. The second-order valence-electron chi connectivity index (χ2n) is 4.45. The number of benzene rings is 2. The maximum atomic E-state index is 13.5.